The Kier molecular flexibility index (Phi) is 3.05. The van der Waals surface area contributed by atoms with E-state index in [1.54, 1.807) is 0 Å². The Morgan fingerprint density at radius 3 is 2.71 bits per heavy atom. The highest BCUT2D eigenvalue weighted by atomic mass is 16.5. The van der Waals surface area contributed by atoms with Gasteiger partial charge in [-0.1, -0.05) is 25.7 Å². The number of fused-ring (bicyclic) bond motifs is 1. The Bertz CT molecular complexity index is 392. The maximum Gasteiger partial charge on any atom is 0.151 e. The zero-order valence-electron chi connectivity index (χ0n) is 10.3. The molecule has 0 atom stereocenters. The molecule has 1 fully saturated rings. The number of nitrogen functional groups attached to an aromatic ring is 1. The molecule has 0 aromatic carbocycles. The molecule has 1 aromatic rings. The summed E-state index contributed by atoms with van der Waals surface area (Å²) in [5.41, 5.74) is 8.47. The standard InChI is InChI=1S/C13H21N3O/c14-13-11-9-17-8-7-12(11)16(15-13)10-5-3-1-2-4-6-10/h10H,1-9H2,(H2,14,15). The molecule has 1 aliphatic carbocycles. The summed E-state index contributed by atoms with van der Waals surface area (Å²) >= 11 is 0. The average molecular weight is 235 g/mol. The van der Waals surface area contributed by atoms with Crippen molar-refractivity contribution in [1.82, 2.24) is 9.78 Å². The van der Waals surface area contributed by atoms with Gasteiger partial charge >= 0.3 is 0 Å². The molecule has 0 spiro atoms. The minimum Gasteiger partial charge on any atom is -0.382 e. The molecular weight excluding hydrogens is 214 g/mol. The number of ether oxygens (including phenoxy) is 1. The molecule has 2 aliphatic rings. The lowest BCUT2D eigenvalue weighted by Crippen LogP contribution is -2.18. The Labute approximate surface area is 102 Å². The predicted molar refractivity (Wildman–Crippen MR) is 66.7 cm³/mol. The van der Waals surface area contributed by atoms with Crippen molar-refractivity contribution in [2.24, 2.45) is 0 Å². The summed E-state index contributed by atoms with van der Waals surface area (Å²) in [5.74, 6) is 0.684. The Hall–Kier alpha value is -1.03. The first-order valence-corrected chi connectivity index (χ1v) is 6.80. The van der Waals surface area contributed by atoms with E-state index in [1.165, 1.54) is 44.2 Å². The SMILES string of the molecule is Nc1nn(C2CCCCCC2)c2c1COCC2. The van der Waals surface area contributed by atoms with Gasteiger partial charge in [-0.05, 0) is 12.8 Å². The van der Waals surface area contributed by atoms with E-state index >= 15 is 0 Å². The number of hydrogen-bond donors (Lipinski definition) is 1. The first kappa shape index (κ1) is 11.1. The van der Waals surface area contributed by atoms with Gasteiger partial charge in [-0.15, -0.1) is 0 Å². The van der Waals surface area contributed by atoms with Crippen LogP contribution < -0.4 is 5.73 Å². The largest absolute Gasteiger partial charge is 0.382 e. The molecule has 0 saturated heterocycles. The maximum absolute atomic E-state index is 6.00. The summed E-state index contributed by atoms with van der Waals surface area (Å²) < 4.78 is 7.69. The van der Waals surface area contributed by atoms with Crippen LogP contribution >= 0.6 is 0 Å². The van der Waals surface area contributed by atoms with Gasteiger partial charge in [0.15, 0.2) is 5.82 Å². The molecule has 0 radical (unpaired) electrons. The third-order valence-electron chi connectivity index (χ3n) is 4.05. The second-order valence-electron chi connectivity index (χ2n) is 5.20. The first-order valence-electron chi connectivity index (χ1n) is 6.80. The fourth-order valence-electron chi connectivity index (χ4n) is 3.09. The topological polar surface area (TPSA) is 53.1 Å². The molecule has 0 bridgehead atoms. The average Bonchev–Trinajstić information content (AvgIpc) is 2.57. The van der Waals surface area contributed by atoms with E-state index in [0.717, 1.165) is 18.6 Å². The molecule has 3 rings (SSSR count). The molecule has 2 N–H and O–H groups in total. The van der Waals surface area contributed by atoms with Gasteiger partial charge in [0.2, 0.25) is 0 Å². The summed E-state index contributed by atoms with van der Waals surface area (Å²) in [6, 6.07) is 0.571. The van der Waals surface area contributed by atoms with E-state index in [9.17, 15) is 0 Å². The van der Waals surface area contributed by atoms with Crippen molar-refractivity contribution in [3.05, 3.63) is 11.3 Å². The molecule has 17 heavy (non-hydrogen) atoms. The smallest absolute Gasteiger partial charge is 0.151 e. The van der Waals surface area contributed by atoms with Gasteiger partial charge in [0, 0.05) is 17.7 Å². The summed E-state index contributed by atoms with van der Waals surface area (Å²) in [6.45, 7) is 1.46. The summed E-state index contributed by atoms with van der Waals surface area (Å²) in [6.07, 6.45) is 8.89. The van der Waals surface area contributed by atoms with Gasteiger partial charge < -0.3 is 10.5 Å². The van der Waals surface area contributed by atoms with E-state index in [4.69, 9.17) is 10.5 Å². The van der Waals surface area contributed by atoms with E-state index in [0.29, 0.717) is 18.5 Å². The van der Waals surface area contributed by atoms with Crippen LogP contribution in [0.5, 0.6) is 0 Å². The van der Waals surface area contributed by atoms with Gasteiger partial charge in [-0.3, -0.25) is 4.68 Å². The van der Waals surface area contributed by atoms with E-state index in [2.05, 4.69) is 9.78 Å². The van der Waals surface area contributed by atoms with Crippen LogP contribution in [0.1, 0.15) is 55.8 Å². The predicted octanol–water partition coefficient (Wildman–Crippen LogP) is 2.43. The summed E-state index contributed by atoms with van der Waals surface area (Å²) in [4.78, 5) is 0. The quantitative estimate of drug-likeness (QED) is 0.761. The van der Waals surface area contributed by atoms with Crippen LogP contribution in [0, 0.1) is 0 Å². The number of aromatic nitrogens is 2. The van der Waals surface area contributed by atoms with Crippen LogP contribution in [-0.4, -0.2) is 16.4 Å². The molecule has 2 heterocycles. The summed E-state index contributed by atoms with van der Waals surface area (Å²) in [7, 11) is 0. The highest BCUT2D eigenvalue weighted by Gasteiger charge is 2.24. The van der Waals surface area contributed by atoms with Crippen molar-refractivity contribution in [1.29, 1.82) is 0 Å². The molecule has 0 amide bonds. The monoisotopic (exact) mass is 235 g/mol. The highest BCUT2D eigenvalue weighted by molar-refractivity contribution is 5.43. The van der Waals surface area contributed by atoms with Crippen molar-refractivity contribution >= 4 is 5.82 Å². The Morgan fingerprint density at radius 2 is 1.94 bits per heavy atom. The molecule has 94 valence electrons. The highest BCUT2D eigenvalue weighted by Crippen LogP contribution is 2.32. The minimum absolute atomic E-state index is 0.571. The molecule has 4 heteroatoms. The fourth-order valence-corrected chi connectivity index (χ4v) is 3.09. The van der Waals surface area contributed by atoms with Crippen molar-refractivity contribution in [2.45, 2.75) is 57.6 Å². The molecular formula is C13H21N3O. The molecule has 1 saturated carbocycles. The van der Waals surface area contributed by atoms with E-state index in [-0.39, 0.29) is 0 Å². The lowest BCUT2D eigenvalue weighted by molar-refractivity contribution is 0.108. The van der Waals surface area contributed by atoms with E-state index < -0.39 is 0 Å². The van der Waals surface area contributed by atoms with Gasteiger partial charge in [0.05, 0.1) is 19.3 Å². The lowest BCUT2D eigenvalue weighted by Gasteiger charge is -2.20. The Morgan fingerprint density at radius 1 is 1.18 bits per heavy atom. The number of nitrogens with zero attached hydrogens (tertiary/aromatic N) is 2. The first-order chi connectivity index (χ1) is 8.36. The lowest BCUT2D eigenvalue weighted by atomic mass is 10.1. The van der Waals surface area contributed by atoms with Crippen LogP contribution in [0.15, 0.2) is 0 Å². The van der Waals surface area contributed by atoms with Gasteiger partial charge in [-0.25, -0.2) is 0 Å². The minimum atomic E-state index is 0.571. The zero-order valence-corrected chi connectivity index (χ0v) is 10.3. The molecule has 4 nitrogen and oxygen atoms in total. The zero-order chi connectivity index (χ0) is 11.7. The number of nitrogens with two attached hydrogens (primary N) is 1. The van der Waals surface area contributed by atoms with Gasteiger partial charge in [-0.2, -0.15) is 5.10 Å². The van der Waals surface area contributed by atoms with Crippen molar-refractivity contribution in [2.75, 3.05) is 12.3 Å². The second kappa shape index (κ2) is 4.69. The third-order valence-corrected chi connectivity index (χ3v) is 4.05. The maximum atomic E-state index is 6.00. The fraction of sp³-hybridized carbons (Fsp3) is 0.769. The van der Waals surface area contributed by atoms with Crippen LogP contribution in [0.25, 0.3) is 0 Å². The van der Waals surface area contributed by atoms with Crippen molar-refractivity contribution in [3.63, 3.8) is 0 Å². The Balaban J connectivity index is 1.91. The third kappa shape index (κ3) is 2.06. The van der Waals surface area contributed by atoms with Gasteiger partial charge in [0.25, 0.3) is 0 Å². The van der Waals surface area contributed by atoms with Crippen LogP contribution in [-0.2, 0) is 17.8 Å². The molecule has 0 unspecified atom stereocenters. The van der Waals surface area contributed by atoms with E-state index in [1.807, 2.05) is 0 Å². The summed E-state index contributed by atoms with van der Waals surface area (Å²) in [5, 5.41) is 4.57. The van der Waals surface area contributed by atoms with Crippen LogP contribution in [0.3, 0.4) is 0 Å². The number of rotatable bonds is 1. The molecule has 1 aliphatic heterocycles. The normalized spacial score (nSPS) is 22.1. The number of anilines is 1. The van der Waals surface area contributed by atoms with Gasteiger partial charge in [0.1, 0.15) is 0 Å². The van der Waals surface area contributed by atoms with Crippen LogP contribution in [0.2, 0.25) is 0 Å². The van der Waals surface area contributed by atoms with Crippen molar-refractivity contribution < 1.29 is 4.74 Å². The van der Waals surface area contributed by atoms with Crippen molar-refractivity contribution in [3.8, 4) is 0 Å². The molecule has 1 aromatic heterocycles. The van der Waals surface area contributed by atoms with Crippen LogP contribution in [0.4, 0.5) is 5.82 Å². The number of hydrogen-bond acceptors (Lipinski definition) is 3. The second-order valence-corrected chi connectivity index (χ2v) is 5.20.